The molecular formula is C50H60BrNO6. The Labute approximate surface area is 353 Å². The first-order chi connectivity index (χ1) is 28.3. The van der Waals surface area contributed by atoms with Crippen molar-refractivity contribution < 1.29 is 28.8 Å². The minimum atomic E-state index is -0.818. The number of aliphatic hydroxyl groups excluding tert-OH is 1. The van der Waals surface area contributed by atoms with Crippen molar-refractivity contribution in [3.8, 4) is 16.9 Å². The van der Waals surface area contributed by atoms with Gasteiger partial charge in [0.25, 0.3) is 0 Å². The van der Waals surface area contributed by atoms with Crippen LogP contribution in [-0.4, -0.2) is 69.0 Å². The van der Waals surface area contributed by atoms with E-state index < -0.39 is 16.2 Å². The highest BCUT2D eigenvalue weighted by molar-refractivity contribution is 9.10. The lowest BCUT2D eigenvalue weighted by Gasteiger charge is -2.47. The summed E-state index contributed by atoms with van der Waals surface area (Å²) in [5.41, 5.74) is 9.48. The molecule has 2 heterocycles. The van der Waals surface area contributed by atoms with Gasteiger partial charge in [0.1, 0.15) is 22.4 Å². The third-order valence-corrected chi connectivity index (χ3v) is 14.1. The number of benzene rings is 4. The van der Waals surface area contributed by atoms with Crippen LogP contribution >= 0.6 is 15.9 Å². The number of aliphatic hydroxyl groups is 1. The first-order valence-electron chi connectivity index (χ1n) is 21.6. The molecule has 0 bridgehead atoms. The molecule has 4 aromatic carbocycles. The van der Waals surface area contributed by atoms with E-state index in [-0.39, 0.29) is 5.41 Å². The highest BCUT2D eigenvalue weighted by Crippen LogP contribution is 2.64. The number of nitrogens with zero attached hydrogens (tertiary/aromatic N) is 1. The van der Waals surface area contributed by atoms with Gasteiger partial charge in [-0.05, 0) is 108 Å². The first-order valence-corrected chi connectivity index (χ1v) is 22.4. The molecule has 1 fully saturated rings. The first kappa shape index (κ1) is 41.1. The second-order valence-electron chi connectivity index (χ2n) is 16.5. The SMILES string of the molecule is CCCC1(CCC)c2ccccc2-c2c1c1c(c3ccc(N4CCCCC4)cc23)OCC=C1C1(Br)CC(OCCOCCOC(C)O)(c2ccccc2)CC=C1OC. The summed E-state index contributed by atoms with van der Waals surface area (Å²) in [6.07, 6.45) is 12.9. The molecule has 0 radical (unpaired) electrons. The number of ether oxygens (including phenoxy) is 5. The summed E-state index contributed by atoms with van der Waals surface area (Å²) in [7, 11) is 1.80. The van der Waals surface area contributed by atoms with E-state index >= 15 is 0 Å². The van der Waals surface area contributed by atoms with Crippen molar-refractivity contribution >= 4 is 38.0 Å². The second-order valence-corrected chi connectivity index (χ2v) is 17.9. The van der Waals surface area contributed by atoms with Crippen LogP contribution in [0.3, 0.4) is 0 Å². The number of hydrogen-bond acceptors (Lipinski definition) is 7. The zero-order valence-electron chi connectivity index (χ0n) is 34.8. The van der Waals surface area contributed by atoms with Gasteiger partial charge in [-0.25, -0.2) is 0 Å². The van der Waals surface area contributed by atoms with Crippen molar-refractivity contribution in [2.45, 2.75) is 100 Å². The molecule has 3 atom stereocenters. The number of hydrogen-bond donors (Lipinski definition) is 1. The molecule has 308 valence electrons. The van der Waals surface area contributed by atoms with Crippen LogP contribution in [0, 0.1) is 0 Å². The van der Waals surface area contributed by atoms with Gasteiger partial charge in [0, 0.05) is 48.0 Å². The lowest BCUT2D eigenvalue weighted by molar-refractivity contribution is -0.111. The van der Waals surface area contributed by atoms with Crippen LogP contribution in [0.5, 0.6) is 5.75 Å². The minimum Gasteiger partial charge on any atom is -0.500 e. The molecule has 2 aliphatic heterocycles. The van der Waals surface area contributed by atoms with Crippen LogP contribution in [0.2, 0.25) is 0 Å². The van der Waals surface area contributed by atoms with E-state index in [9.17, 15) is 5.11 Å². The Hall–Kier alpha value is -3.66. The summed E-state index contributed by atoms with van der Waals surface area (Å²) < 4.78 is 30.8. The number of halogens is 1. The Kier molecular flexibility index (Phi) is 12.4. The fourth-order valence-electron chi connectivity index (χ4n) is 10.7. The lowest BCUT2D eigenvalue weighted by atomic mass is 9.66. The third kappa shape index (κ3) is 7.31. The van der Waals surface area contributed by atoms with E-state index in [1.807, 2.05) is 0 Å². The van der Waals surface area contributed by atoms with Crippen LogP contribution in [0.15, 0.2) is 90.7 Å². The predicted octanol–water partition coefficient (Wildman–Crippen LogP) is 11.2. The third-order valence-electron chi connectivity index (χ3n) is 13.0. The highest BCUT2D eigenvalue weighted by atomic mass is 79.9. The maximum Gasteiger partial charge on any atom is 0.151 e. The number of methoxy groups -OCH3 is 1. The largest absolute Gasteiger partial charge is 0.500 e. The molecule has 2 aliphatic carbocycles. The predicted molar refractivity (Wildman–Crippen MR) is 238 cm³/mol. The molecule has 58 heavy (non-hydrogen) atoms. The molecule has 0 saturated carbocycles. The van der Waals surface area contributed by atoms with Crippen molar-refractivity contribution in [1.82, 2.24) is 0 Å². The fraction of sp³-hybridized carbons (Fsp3) is 0.480. The maximum atomic E-state index is 9.50. The van der Waals surface area contributed by atoms with Gasteiger partial charge in [-0.3, -0.25) is 0 Å². The van der Waals surface area contributed by atoms with Gasteiger partial charge < -0.3 is 33.7 Å². The Balaban J connectivity index is 1.31. The van der Waals surface area contributed by atoms with Gasteiger partial charge in [0.15, 0.2) is 6.29 Å². The number of allylic oxidation sites excluding steroid dienone is 1. The van der Waals surface area contributed by atoms with E-state index in [4.69, 9.17) is 23.7 Å². The summed E-state index contributed by atoms with van der Waals surface area (Å²) in [6.45, 7) is 10.4. The van der Waals surface area contributed by atoms with E-state index in [2.05, 4.69) is 120 Å². The number of fused-ring (bicyclic) bond motifs is 8. The van der Waals surface area contributed by atoms with E-state index in [1.165, 1.54) is 63.7 Å². The van der Waals surface area contributed by atoms with Crippen LogP contribution in [0.4, 0.5) is 5.69 Å². The molecular weight excluding hydrogens is 790 g/mol. The monoisotopic (exact) mass is 849 g/mol. The Morgan fingerprint density at radius 3 is 2.33 bits per heavy atom. The van der Waals surface area contributed by atoms with Crippen LogP contribution in [-0.2, 0) is 30.0 Å². The number of piperidine rings is 1. The molecule has 0 aromatic heterocycles. The Morgan fingerprint density at radius 2 is 1.59 bits per heavy atom. The molecule has 3 unspecified atom stereocenters. The molecule has 8 heteroatoms. The molecule has 0 spiro atoms. The topological polar surface area (TPSA) is 69.6 Å². The van der Waals surface area contributed by atoms with Crippen LogP contribution in [0.25, 0.3) is 27.5 Å². The molecule has 8 rings (SSSR count). The van der Waals surface area contributed by atoms with Gasteiger partial charge in [0.05, 0.1) is 39.1 Å². The maximum absolute atomic E-state index is 9.50. The smallest absolute Gasteiger partial charge is 0.151 e. The second kappa shape index (κ2) is 17.5. The average Bonchev–Trinajstić information content (AvgIpc) is 3.53. The zero-order chi connectivity index (χ0) is 40.3. The highest BCUT2D eigenvalue weighted by Gasteiger charge is 2.54. The molecule has 4 aromatic rings. The Morgan fingerprint density at radius 1 is 0.845 bits per heavy atom. The van der Waals surface area contributed by atoms with E-state index in [1.54, 1.807) is 14.0 Å². The average molecular weight is 851 g/mol. The lowest BCUT2D eigenvalue weighted by Crippen LogP contribution is -2.45. The van der Waals surface area contributed by atoms with E-state index in [0.29, 0.717) is 45.9 Å². The molecule has 1 saturated heterocycles. The molecule has 4 aliphatic rings. The van der Waals surface area contributed by atoms with Gasteiger partial charge in [0.2, 0.25) is 0 Å². The quantitative estimate of drug-likeness (QED) is 0.0684. The van der Waals surface area contributed by atoms with Gasteiger partial charge in [-0.1, -0.05) is 97.2 Å². The zero-order valence-corrected chi connectivity index (χ0v) is 36.4. The van der Waals surface area contributed by atoms with E-state index in [0.717, 1.165) is 61.2 Å². The molecule has 1 N–H and O–H groups in total. The summed E-state index contributed by atoms with van der Waals surface area (Å²) >= 11 is 4.50. The summed E-state index contributed by atoms with van der Waals surface area (Å²) in [4.78, 5) is 2.58. The summed E-state index contributed by atoms with van der Waals surface area (Å²) in [6, 6.07) is 27.0. The fourth-order valence-corrected chi connectivity index (χ4v) is 11.8. The van der Waals surface area contributed by atoms with Crippen molar-refractivity contribution in [2.24, 2.45) is 0 Å². The van der Waals surface area contributed by atoms with Crippen molar-refractivity contribution in [3.63, 3.8) is 0 Å². The summed E-state index contributed by atoms with van der Waals surface area (Å²) in [5.74, 6) is 1.86. The van der Waals surface area contributed by atoms with Crippen molar-refractivity contribution in [3.05, 3.63) is 113 Å². The molecule has 0 amide bonds. The Bertz CT molecular complexity index is 2140. The summed E-state index contributed by atoms with van der Waals surface area (Å²) in [5, 5.41) is 11.9. The van der Waals surface area contributed by atoms with Gasteiger partial charge in [-0.15, -0.1) is 0 Å². The number of rotatable bonds is 16. The number of anilines is 1. The van der Waals surface area contributed by atoms with Crippen LogP contribution in [0.1, 0.15) is 101 Å². The van der Waals surface area contributed by atoms with Crippen LogP contribution < -0.4 is 9.64 Å². The standard InChI is InChI=1S/C50H60BrNO6/c1-5-23-48(24-6-2)41-18-12-11-17-39(41)44-40-33-37(52-26-13-8-14-27-52)19-20-38(40)47-45(46(44)48)42(22-28-57-47)50(51)34-49(25-21-43(50)54-4,36-15-9-7-10-16-36)58-32-30-55-29-31-56-35(3)53/h7,9-12,15-22,33,35,53H,5-6,8,13-14,23-32,34H2,1-4H3. The molecule has 7 nitrogen and oxygen atoms in total. The number of alkyl halides is 1. The van der Waals surface area contributed by atoms with Crippen molar-refractivity contribution in [1.29, 1.82) is 0 Å². The van der Waals surface area contributed by atoms with Gasteiger partial charge >= 0.3 is 0 Å². The van der Waals surface area contributed by atoms with Crippen molar-refractivity contribution in [2.75, 3.05) is 58.1 Å². The van der Waals surface area contributed by atoms with Gasteiger partial charge in [-0.2, -0.15) is 0 Å². The normalized spacial score (nSPS) is 22.7. The minimum absolute atomic E-state index is 0.189.